The molecule has 1 N–H and O–H groups in total. The lowest BCUT2D eigenvalue weighted by Crippen LogP contribution is -2.17. The van der Waals surface area contributed by atoms with Crippen molar-refractivity contribution in [1.29, 1.82) is 0 Å². The van der Waals surface area contributed by atoms with Crippen LogP contribution in [0.2, 0.25) is 0 Å². The Morgan fingerprint density at radius 1 is 1.29 bits per heavy atom. The third-order valence-electron chi connectivity index (χ3n) is 2.36. The highest BCUT2D eigenvalue weighted by Gasteiger charge is 2.00. The highest BCUT2D eigenvalue weighted by atomic mass is 19.1. The summed E-state index contributed by atoms with van der Waals surface area (Å²) >= 11 is 0. The summed E-state index contributed by atoms with van der Waals surface area (Å²) in [4.78, 5) is 4.08. The first-order chi connectivity index (χ1) is 8.24. The number of nitrogens with zero attached hydrogens (tertiary/aromatic N) is 2. The number of halogens is 1. The zero-order valence-electron chi connectivity index (χ0n) is 9.61. The van der Waals surface area contributed by atoms with Gasteiger partial charge in [-0.25, -0.2) is 4.39 Å². The molecule has 1 aromatic heterocycles. The second kappa shape index (κ2) is 5.54. The van der Waals surface area contributed by atoms with E-state index >= 15 is 0 Å². The van der Waals surface area contributed by atoms with E-state index in [9.17, 15) is 4.39 Å². The lowest BCUT2D eigenvalue weighted by Gasteiger charge is -2.02. The Balaban J connectivity index is 1.71. The molecule has 0 radical (unpaired) electrons. The molecule has 4 nitrogen and oxygen atoms in total. The molecule has 0 unspecified atom stereocenters. The lowest BCUT2D eigenvalue weighted by atomic mass is 10.1. The molecule has 0 aliphatic rings. The molecule has 0 aliphatic heterocycles. The van der Waals surface area contributed by atoms with Crippen molar-refractivity contribution >= 4 is 0 Å². The van der Waals surface area contributed by atoms with Gasteiger partial charge in [0.1, 0.15) is 5.82 Å². The van der Waals surface area contributed by atoms with Gasteiger partial charge in [-0.2, -0.15) is 4.98 Å². The Hall–Kier alpha value is -1.75. The number of nitrogens with one attached hydrogen (secondary N) is 1. The monoisotopic (exact) mass is 235 g/mol. The van der Waals surface area contributed by atoms with Crippen molar-refractivity contribution in [2.75, 3.05) is 6.54 Å². The maximum absolute atomic E-state index is 12.7. The summed E-state index contributed by atoms with van der Waals surface area (Å²) in [5, 5.41) is 6.97. The standard InChI is InChI=1S/C12H14FN3O/c1-9-15-12(16-17-9)8-14-7-6-10-2-4-11(13)5-3-10/h2-5,14H,6-8H2,1H3. The van der Waals surface area contributed by atoms with Crippen LogP contribution in [0.4, 0.5) is 4.39 Å². The Bertz CT molecular complexity index is 467. The van der Waals surface area contributed by atoms with Crippen LogP contribution in [-0.4, -0.2) is 16.7 Å². The highest BCUT2D eigenvalue weighted by Crippen LogP contribution is 2.02. The van der Waals surface area contributed by atoms with E-state index in [2.05, 4.69) is 15.5 Å². The van der Waals surface area contributed by atoms with E-state index < -0.39 is 0 Å². The van der Waals surface area contributed by atoms with Crippen LogP contribution in [0.5, 0.6) is 0 Å². The van der Waals surface area contributed by atoms with Crippen LogP contribution in [-0.2, 0) is 13.0 Å². The summed E-state index contributed by atoms with van der Waals surface area (Å²) in [6, 6.07) is 6.51. The van der Waals surface area contributed by atoms with Crippen molar-refractivity contribution in [3.63, 3.8) is 0 Å². The van der Waals surface area contributed by atoms with Gasteiger partial charge < -0.3 is 9.84 Å². The molecule has 2 aromatic rings. The first kappa shape index (κ1) is 11.7. The molecule has 17 heavy (non-hydrogen) atoms. The van der Waals surface area contributed by atoms with Gasteiger partial charge in [-0.05, 0) is 30.7 Å². The Morgan fingerprint density at radius 3 is 2.71 bits per heavy atom. The predicted molar refractivity (Wildman–Crippen MR) is 60.8 cm³/mol. The van der Waals surface area contributed by atoms with Crippen molar-refractivity contribution < 1.29 is 8.91 Å². The first-order valence-electron chi connectivity index (χ1n) is 5.48. The van der Waals surface area contributed by atoms with E-state index in [-0.39, 0.29) is 5.82 Å². The van der Waals surface area contributed by atoms with Crippen molar-refractivity contribution in [2.45, 2.75) is 19.9 Å². The van der Waals surface area contributed by atoms with Gasteiger partial charge in [0, 0.05) is 6.92 Å². The zero-order chi connectivity index (χ0) is 12.1. The summed E-state index contributed by atoms with van der Waals surface area (Å²) in [6.45, 7) is 3.13. The average molecular weight is 235 g/mol. The number of aromatic nitrogens is 2. The van der Waals surface area contributed by atoms with Gasteiger partial charge in [-0.15, -0.1) is 0 Å². The molecule has 0 saturated heterocycles. The van der Waals surface area contributed by atoms with Crippen molar-refractivity contribution in [1.82, 2.24) is 15.5 Å². The van der Waals surface area contributed by atoms with Crippen molar-refractivity contribution in [3.8, 4) is 0 Å². The first-order valence-corrected chi connectivity index (χ1v) is 5.48. The van der Waals surface area contributed by atoms with Gasteiger partial charge >= 0.3 is 0 Å². The van der Waals surface area contributed by atoms with E-state index in [1.165, 1.54) is 12.1 Å². The fourth-order valence-corrected chi connectivity index (χ4v) is 1.50. The third kappa shape index (κ3) is 3.64. The minimum Gasteiger partial charge on any atom is -0.340 e. The molecule has 0 spiro atoms. The van der Waals surface area contributed by atoms with E-state index in [1.807, 2.05) is 0 Å². The van der Waals surface area contributed by atoms with Crippen LogP contribution >= 0.6 is 0 Å². The molecule has 90 valence electrons. The van der Waals surface area contributed by atoms with Gasteiger partial charge in [0.2, 0.25) is 5.89 Å². The minimum absolute atomic E-state index is 0.205. The molecule has 5 heteroatoms. The average Bonchev–Trinajstić information content (AvgIpc) is 2.73. The van der Waals surface area contributed by atoms with E-state index in [4.69, 9.17) is 4.52 Å². The Labute approximate surface area is 98.8 Å². The van der Waals surface area contributed by atoms with Gasteiger partial charge in [0.25, 0.3) is 0 Å². The molecule has 0 atom stereocenters. The Kier molecular flexibility index (Phi) is 3.82. The topological polar surface area (TPSA) is 51.0 Å². The van der Waals surface area contributed by atoms with Crippen LogP contribution in [0.25, 0.3) is 0 Å². The number of rotatable bonds is 5. The molecule has 0 saturated carbocycles. The molecule has 1 heterocycles. The molecular weight excluding hydrogens is 221 g/mol. The molecular formula is C12H14FN3O. The second-order valence-electron chi connectivity index (χ2n) is 3.78. The number of aryl methyl sites for hydroxylation is 1. The SMILES string of the molecule is Cc1nc(CNCCc2ccc(F)cc2)no1. The summed E-state index contributed by atoms with van der Waals surface area (Å²) < 4.78 is 17.5. The van der Waals surface area contributed by atoms with Crippen LogP contribution in [0.15, 0.2) is 28.8 Å². The lowest BCUT2D eigenvalue weighted by molar-refractivity contribution is 0.385. The van der Waals surface area contributed by atoms with Crippen LogP contribution in [0.1, 0.15) is 17.3 Å². The number of benzene rings is 1. The van der Waals surface area contributed by atoms with E-state index in [1.54, 1.807) is 19.1 Å². The Morgan fingerprint density at radius 2 is 2.06 bits per heavy atom. The molecule has 0 bridgehead atoms. The predicted octanol–water partition coefficient (Wildman–Crippen LogP) is 1.85. The molecule has 2 rings (SSSR count). The summed E-state index contributed by atoms with van der Waals surface area (Å²) in [7, 11) is 0. The summed E-state index contributed by atoms with van der Waals surface area (Å²) in [6.07, 6.45) is 0.844. The highest BCUT2D eigenvalue weighted by molar-refractivity contribution is 5.16. The van der Waals surface area contributed by atoms with Gasteiger partial charge in [0.15, 0.2) is 5.82 Å². The number of hydrogen-bond acceptors (Lipinski definition) is 4. The minimum atomic E-state index is -0.205. The molecule has 0 amide bonds. The number of hydrogen-bond donors (Lipinski definition) is 1. The third-order valence-corrected chi connectivity index (χ3v) is 2.36. The van der Waals surface area contributed by atoms with Gasteiger partial charge in [-0.3, -0.25) is 0 Å². The second-order valence-corrected chi connectivity index (χ2v) is 3.78. The van der Waals surface area contributed by atoms with Crippen molar-refractivity contribution in [3.05, 3.63) is 47.4 Å². The van der Waals surface area contributed by atoms with Gasteiger partial charge in [0.05, 0.1) is 6.54 Å². The molecule has 0 aliphatic carbocycles. The normalized spacial score (nSPS) is 10.7. The fraction of sp³-hybridized carbons (Fsp3) is 0.333. The van der Waals surface area contributed by atoms with Crippen molar-refractivity contribution in [2.24, 2.45) is 0 Å². The van der Waals surface area contributed by atoms with Crippen LogP contribution in [0, 0.1) is 12.7 Å². The summed E-state index contributed by atoms with van der Waals surface area (Å²) in [5.74, 6) is 1.02. The van der Waals surface area contributed by atoms with E-state index in [0.29, 0.717) is 18.3 Å². The molecule has 0 fully saturated rings. The quantitative estimate of drug-likeness (QED) is 0.803. The molecule has 1 aromatic carbocycles. The maximum atomic E-state index is 12.7. The smallest absolute Gasteiger partial charge is 0.223 e. The van der Waals surface area contributed by atoms with Crippen LogP contribution in [0.3, 0.4) is 0 Å². The maximum Gasteiger partial charge on any atom is 0.223 e. The van der Waals surface area contributed by atoms with E-state index in [0.717, 1.165) is 18.5 Å². The van der Waals surface area contributed by atoms with Crippen LogP contribution < -0.4 is 5.32 Å². The van der Waals surface area contributed by atoms with Gasteiger partial charge in [-0.1, -0.05) is 17.3 Å². The summed E-state index contributed by atoms with van der Waals surface area (Å²) in [5.41, 5.74) is 1.10. The zero-order valence-corrected chi connectivity index (χ0v) is 9.61. The fourth-order valence-electron chi connectivity index (χ4n) is 1.50. The largest absolute Gasteiger partial charge is 0.340 e.